The molecule has 0 heterocycles. The molecule has 0 saturated heterocycles. The van der Waals surface area contributed by atoms with Gasteiger partial charge in [0, 0.05) is 20.2 Å². The van der Waals surface area contributed by atoms with Crippen molar-refractivity contribution in [3.8, 4) is 0 Å². The van der Waals surface area contributed by atoms with Crippen molar-refractivity contribution in [3.63, 3.8) is 0 Å². The second-order valence-corrected chi connectivity index (χ2v) is 3.02. The lowest BCUT2D eigenvalue weighted by molar-refractivity contribution is 0.583. The van der Waals surface area contributed by atoms with Crippen LogP contribution in [0.1, 0.15) is 0 Å². The van der Waals surface area contributed by atoms with Gasteiger partial charge in [-0.2, -0.15) is 0 Å². The molecule has 0 fully saturated rings. The SMILES string of the molecule is CN(C)c1cc(Cl)c(F)cc1F. The Morgan fingerprint density at radius 1 is 1.17 bits per heavy atom. The van der Waals surface area contributed by atoms with Crippen molar-refractivity contribution >= 4 is 17.3 Å². The number of benzene rings is 1. The molecule has 1 rings (SSSR count). The molecule has 4 heteroatoms. The lowest BCUT2D eigenvalue weighted by Gasteiger charge is -2.13. The van der Waals surface area contributed by atoms with Gasteiger partial charge in [0.25, 0.3) is 0 Å². The zero-order valence-electron chi connectivity index (χ0n) is 6.74. The topological polar surface area (TPSA) is 3.24 Å². The summed E-state index contributed by atoms with van der Waals surface area (Å²) in [5, 5.41) is -0.0694. The lowest BCUT2D eigenvalue weighted by atomic mass is 10.3. The highest BCUT2D eigenvalue weighted by atomic mass is 35.5. The molecule has 0 N–H and O–H groups in total. The van der Waals surface area contributed by atoms with Crippen LogP contribution in [0.5, 0.6) is 0 Å². The minimum atomic E-state index is -0.736. The fraction of sp³-hybridized carbons (Fsp3) is 0.250. The first-order valence-corrected chi connectivity index (χ1v) is 3.72. The van der Waals surface area contributed by atoms with Gasteiger partial charge in [-0.15, -0.1) is 0 Å². The van der Waals surface area contributed by atoms with Crippen LogP contribution in [-0.2, 0) is 0 Å². The predicted octanol–water partition coefficient (Wildman–Crippen LogP) is 2.68. The summed E-state index contributed by atoms with van der Waals surface area (Å²) >= 11 is 5.46. The molecule has 0 radical (unpaired) electrons. The largest absolute Gasteiger partial charge is 0.375 e. The predicted molar refractivity (Wildman–Crippen MR) is 45.7 cm³/mol. The molecule has 0 aliphatic carbocycles. The highest BCUT2D eigenvalue weighted by Crippen LogP contribution is 2.24. The maximum atomic E-state index is 12.9. The van der Waals surface area contributed by atoms with Crippen LogP contribution in [0.3, 0.4) is 0 Å². The molecule has 66 valence electrons. The van der Waals surface area contributed by atoms with Crippen molar-refractivity contribution in [2.24, 2.45) is 0 Å². The molecule has 0 atom stereocenters. The highest BCUT2D eigenvalue weighted by Gasteiger charge is 2.09. The van der Waals surface area contributed by atoms with Crippen molar-refractivity contribution in [1.29, 1.82) is 0 Å². The minimum absolute atomic E-state index is 0.0694. The molecule has 12 heavy (non-hydrogen) atoms. The summed E-state index contributed by atoms with van der Waals surface area (Å²) in [5.41, 5.74) is 0.279. The molecule has 1 aromatic rings. The number of rotatable bonds is 1. The van der Waals surface area contributed by atoms with Crippen LogP contribution >= 0.6 is 11.6 Å². The van der Waals surface area contributed by atoms with E-state index >= 15 is 0 Å². The van der Waals surface area contributed by atoms with E-state index in [1.165, 1.54) is 11.0 Å². The maximum absolute atomic E-state index is 12.9. The molecular weight excluding hydrogens is 184 g/mol. The first-order chi connectivity index (χ1) is 5.52. The van der Waals surface area contributed by atoms with Crippen LogP contribution in [0.15, 0.2) is 12.1 Å². The van der Waals surface area contributed by atoms with E-state index < -0.39 is 11.6 Å². The van der Waals surface area contributed by atoms with Gasteiger partial charge in [-0.05, 0) is 6.07 Å². The minimum Gasteiger partial charge on any atom is -0.375 e. The standard InChI is InChI=1S/C8H8ClF2N/c1-12(2)8-3-5(9)6(10)4-7(8)11/h3-4H,1-2H3. The number of halogens is 3. The average molecular weight is 192 g/mol. The Kier molecular flexibility index (Phi) is 2.52. The van der Waals surface area contributed by atoms with E-state index in [0.717, 1.165) is 6.07 Å². The monoisotopic (exact) mass is 191 g/mol. The van der Waals surface area contributed by atoms with Crippen LogP contribution in [0, 0.1) is 11.6 Å². The Bertz CT molecular complexity index is 299. The van der Waals surface area contributed by atoms with Crippen molar-refractivity contribution in [1.82, 2.24) is 0 Å². The molecule has 0 unspecified atom stereocenters. The van der Waals surface area contributed by atoms with Gasteiger partial charge in [-0.1, -0.05) is 11.6 Å². The van der Waals surface area contributed by atoms with E-state index in [0.29, 0.717) is 0 Å². The van der Waals surface area contributed by atoms with Crippen LogP contribution in [0.25, 0.3) is 0 Å². The van der Waals surface area contributed by atoms with Gasteiger partial charge in [-0.3, -0.25) is 0 Å². The second-order valence-electron chi connectivity index (χ2n) is 2.61. The fourth-order valence-corrected chi connectivity index (χ4v) is 1.01. The number of hydrogen-bond donors (Lipinski definition) is 0. The molecule has 0 saturated carbocycles. The van der Waals surface area contributed by atoms with Crippen LogP contribution in [0.4, 0.5) is 14.5 Å². The van der Waals surface area contributed by atoms with E-state index in [1.807, 2.05) is 0 Å². The Labute approximate surface area is 74.6 Å². The van der Waals surface area contributed by atoms with Gasteiger partial charge in [0.1, 0.15) is 11.6 Å². The average Bonchev–Trinajstić information content (AvgIpc) is 1.96. The van der Waals surface area contributed by atoms with Crippen LogP contribution in [0.2, 0.25) is 5.02 Å². The van der Waals surface area contributed by atoms with Crippen LogP contribution in [-0.4, -0.2) is 14.1 Å². The Balaban J connectivity index is 3.23. The lowest BCUT2D eigenvalue weighted by Crippen LogP contribution is -2.10. The van der Waals surface area contributed by atoms with Crippen molar-refractivity contribution in [3.05, 3.63) is 28.8 Å². The van der Waals surface area contributed by atoms with Gasteiger partial charge >= 0.3 is 0 Å². The van der Waals surface area contributed by atoms with Gasteiger partial charge < -0.3 is 4.90 Å². The third-order valence-corrected chi connectivity index (χ3v) is 1.76. The second kappa shape index (κ2) is 3.27. The fourth-order valence-electron chi connectivity index (χ4n) is 0.855. The first-order valence-electron chi connectivity index (χ1n) is 3.34. The molecule has 0 aliphatic heterocycles. The Morgan fingerprint density at radius 2 is 1.75 bits per heavy atom. The Hall–Kier alpha value is -0.830. The van der Waals surface area contributed by atoms with E-state index in [9.17, 15) is 8.78 Å². The third-order valence-electron chi connectivity index (χ3n) is 1.47. The first kappa shape index (κ1) is 9.26. The normalized spacial score (nSPS) is 10.1. The quantitative estimate of drug-likeness (QED) is 0.617. The van der Waals surface area contributed by atoms with E-state index in [4.69, 9.17) is 11.6 Å². The third kappa shape index (κ3) is 1.67. The van der Waals surface area contributed by atoms with E-state index in [-0.39, 0.29) is 10.7 Å². The van der Waals surface area contributed by atoms with Gasteiger partial charge in [0.2, 0.25) is 0 Å². The van der Waals surface area contributed by atoms with Gasteiger partial charge in [0.05, 0.1) is 10.7 Å². The molecule has 0 spiro atoms. The van der Waals surface area contributed by atoms with Gasteiger partial charge in [0.15, 0.2) is 0 Å². The van der Waals surface area contributed by atoms with E-state index in [2.05, 4.69) is 0 Å². The molecule has 0 aliphatic rings. The number of hydrogen-bond acceptors (Lipinski definition) is 1. The molecule has 0 bridgehead atoms. The summed E-state index contributed by atoms with van der Waals surface area (Å²) in [6.07, 6.45) is 0. The molecule has 1 aromatic carbocycles. The zero-order chi connectivity index (χ0) is 9.30. The summed E-state index contributed by atoms with van der Waals surface area (Å²) in [7, 11) is 3.32. The van der Waals surface area contributed by atoms with Gasteiger partial charge in [-0.25, -0.2) is 8.78 Å². The number of anilines is 1. The van der Waals surface area contributed by atoms with Crippen molar-refractivity contribution < 1.29 is 8.78 Å². The zero-order valence-corrected chi connectivity index (χ0v) is 7.49. The van der Waals surface area contributed by atoms with Crippen molar-refractivity contribution in [2.75, 3.05) is 19.0 Å². The maximum Gasteiger partial charge on any atom is 0.149 e. The summed E-state index contributed by atoms with van der Waals surface area (Å²) in [6, 6.07) is 2.03. The number of nitrogens with zero attached hydrogens (tertiary/aromatic N) is 1. The molecular formula is C8H8ClF2N. The summed E-state index contributed by atoms with van der Waals surface area (Å²) in [6.45, 7) is 0. The summed E-state index contributed by atoms with van der Waals surface area (Å²) in [4.78, 5) is 1.53. The van der Waals surface area contributed by atoms with Crippen LogP contribution < -0.4 is 4.90 Å². The molecule has 0 amide bonds. The summed E-state index contributed by atoms with van der Waals surface area (Å²) < 4.78 is 25.6. The highest BCUT2D eigenvalue weighted by molar-refractivity contribution is 6.31. The molecule has 1 nitrogen and oxygen atoms in total. The van der Waals surface area contributed by atoms with E-state index in [1.54, 1.807) is 14.1 Å². The molecule has 0 aromatic heterocycles. The Morgan fingerprint density at radius 3 is 2.25 bits per heavy atom. The summed E-state index contributed by atoms with van der Waals surface area (Å²) in [5.74, 6) is -1.35. The van der Waals surface area contributed by atoms with Crippen molar-refractivity contribution in [2.45, 2.75) is 0 Å². The smallest absolute Gasteiger partial charge is 0.149 e.